The van der Waals surface area contributed by atoms with Crippen LogP contribution >= 0.6 is 0 Å². The van der Waals surface area contributed by atoms with E-state index in [9.17, 15) is 4.79 Å². The molecule has 3 aliphatic rings. The van der Waals surface area contributed by atoms with Crippen molar-refractivity contribution in [2.24, 2.45) is 5.92 Å². The normalized spacial score (nSPS) is 37.0. The van der Waals surface area contributed by atoms with Crippen LogP contribution < -0.4 is 0 Å². The molecule has 90 valence electrons. The number of carboxylic acid groups (broad SMARTS) is 1. The maximum Gasteiger partial charge on any atom is 0.309 e. The largest absolute Gasteiger partial charge is 0.481 e. The Morgan fingerprint density at radius 3 is 2.56 bits per heavy atom. The van der Waals surface area contributed by atoms with Crippen LogP contribution in [0.15, 0.2) is 0 Å². The van der Waals surface area contributed by atoms with Crippen molar-refractivity contribution in [3.63, 3.8) is 0 Å². The van der Waals surface area contributed by atoms with E-state index in [2.05, 4.69) is 9.80 Å². The molecule has 3 heterocycles. The number of fused-ring (bicyclic) bond motifs is 1. The fourth-order valence-electron chi connectivity index (χ4n) is 3.46. The van der Waals surface area contributed by atoms with Gasteiger partial charge >= 0.3 is 5.97 Å². The van der Waals surface area contributed by atoms with Gasteiger partial charge in [0.1, 0.15) is 0 Å². The van der Waals surface area contributed by atoms with E-state index in [1.807, 2.05) is 0 Å². The van der Waals surface area contributed by atoms with Gasteiger partial charge in [-0.05, 0) is 25.8 Å². The third-order valence-electron chi connectivity index (χ3n) is 4.51. The molecule has 2 unspecified atom stereocenters. The van der Waals surface area contributed by atoms with Gasteiger partial charge < -0.3 is 5.11 Å². The molecule has 3 rings (SSSR count). The molecule has 0 radical (unpaired) electrons. The van der Waals surface area contributed by atoms with Crippen molar-refractivity contribution >= 4 is 5.97 Å². The standard InChI is InChI=1S/C12H20N2O2/c15-12(16)9-6-14(7-9)11-5-10-3-1-2-4-13(10)8-11/h9-11H,1-8H2,(H,15,16). The summed E-state index contributed by atoms with van der Waals surface area (Å²) in [5.74, 6) is -0.718. The SMILES string of the molecule is O=C(O)C1CN(C2CC3CCCCN3C2)C1. The van der Waals surface area contributed by atoms with Gasteiger partial charge in [0.05, 0.1) is 5.92 Å². The Kier molecular flexibility index (Phi) is 2.64. The Morgan fingerprint density at radius 1 is 1.06 bits per heavy atom. The van der Waals surface area contributed by atoms with E-state index in [0.29, 0.717) is 6.04 Å². The second-order valence-electron chi connectivity index (χ2n) is 5.52. The molecule has 4 heteroatoms. The fourth-order valence-corrected chi connectivity index (χ4v) is 3.46. The monoisotopic (exact) mass is 224 g/mol. The average molecular weight is 224 g/mol. The van der Waals surface area contributed by atoms with Gasteiger partial charge in [-0.1, -0.05) is 6.42 Å². The predicted molar refractivity (Wildman–Crippen MR) is 60.3 cm³/mol. The number of aliphatic carboxylic acids is 1. The Morgan fingerprint density at radius 2 is 1.88 bits per heavy atom. The third-order valence-corrected chi connectivity index (χ3v) is 4.51. The minimum absolute atomic E-state index is 0.0994. The minimum atomic E-state index is -0.619. The van der Waals surface area contributed by atoms with E-state index in [-0.39, 0.29) is 5.92 Å². The zero-order valence-corrected chi connectivity index (χ0v) is 9.64. The molecule has 1 N–H and O–H groups in total. The fraction of sp³-hybridized carbons (Fsp3) is 0.917. The summed E-state index contributed by atoms with van der Waals surface area (Å²) in [6.07, 6.45) is 5.35. The summed E-state index contributed by atoms with van der Waals surface area (Å²) in [5.41, 5.74) is 0. The smallest absolute Gasteiger partial charge is 0.309 e. The molecule has 0 saturated carbocycles. The van der Waals surface area contributed by atoms with Gasteiger partial charge in [-0.25, -0.2) is 0 Å². The number of hydrogen-bond acceptors (Lipinski definition) is 3. The predicted octanol–water partition coefficient (Wildman–Crippen LogP) is 0.630. The van der Waals surface area contributed by atoms with Crippen LogP contribution in [-0.2, 0) is 4.79 Å². The molecule has 2 atom stereocenters. The van der Waals surface area contributed by atoms with Crippen molar-refractivity contribution in [3.8, 4) is 0 Å². The Balaban J connectivity index is 1.53. The van der Waals surface area contributed by atoms with E-state index in [0.717, 1.165) is 19.1 Å². The molecule has 0 aromatic rings. The number of hydrogen-bond donors (Lipinski definition) is 1. The molecule has 3 saturated heterocycles. The van der Waals surface area contributed by atoms with Crippen LogP contribution in [0.25, 0.3) is 0 Å². The summed E-state index contributed by atoms with van der Waals surface area (Å²) in [6, 6.07) is 1.43. The summed E-state index contributed by atoms with van der Waals surface area (Å²) < 4.78 is 0. The molecular weight excluding hydrogens is 204 g/mol. The van der Waals surface area contributed by atoms with Gasteiger partial charge in [-0.2, -0.15) is 0 Å². The lowest BCUT2D eigenvalue weighted by Gasteiger charge is -2.41. The third kappa shape index (κ3) is 1.74. The van der Waals surface area contributed by atoms with Crippen molar-refractivity contribution in [2.45, 2.75) is 37.8 Å². The van der Waals surface area contributed by atoms with Crippen LogP contribution in [0.4, 0.5) is 0 Å². The lowest BCUT2D eigenvalue weighted by atomic mass is 9.96. The highest BCUT2D eigenvalue weighted by molar-refractivity contribution is 5.71. The van der Waals surface area contributed by atoms with Crippen LogP contribution in [0, 0.1) is 5.92 Å². The van der Waals surface area contributed by atoms with Gasteiger partial charge in [-0.15, -0.1) is 0 Å². The molecule has 0 spiro atoms. The average Bonchev–Trinajstić information content (AvgIpc) is 2.57. The summed E-state index contributed by atoms with van der Waals surface area (Å²) in [4.78, 5) is 15.7. The zero-order chi connectivity index (χ0) is 11.1. The summed E-state index contributed by atoms with van der Waals surface area (Å²) in [6.45, 7) is 4.00. The maximum absolute atomic E-state index is 10.8. The molecule has 0 amide bonds. The number of carbonyl (C=O) groups is 1. The Hall–Kier alpha value is -0.610. The first-order valence-corrected chi connectivity index (χ1v) is 6.45. The summed E-state index contributed by atoms with van der Waals surface area (Å²) >= 11 is 0. The van der Waals surface area contributed by atoms with Gasteiger partial charge in [0.25, 0.3) is 0 Å². The first-order valence-electron chi connectivity index (χ1n) is 6.45. The maximum atomic E-state index is 10.8. The van der Waals surface area contributed by atoms with E-state index >= 15 is 0 Å². The first-order chi connectivity index (χ1) is 7.74. The van der Waals surface area contributed by atoms with Crippen molar-refractivity contribution in [1.82, 2.24) is 9.80 Å². The molecule has 0 bridgehead atoms. The molecular formula is C12H20N2O2. The number of rotatable bonds is 2. The topological polar surface area (TPSA) is 43.8 Å². The molecule has 3 aliphatic heterocycles. The zero-order valence-electron chi connectivity index (χ0n) is 9.64. The van der Waals surface area contributed by atoms with Crippen molar-refractivity contribution in [3.05, 3.63) is 0 Å². The van der Waals surface area contributed by atoms with E-state index in [1.165, 1.54) is 38.8 Å². The van der Waals surface area contributed by atoms with Gasteiger partial charge in [0.2, 0.25) is 0 Å². The number of piperidine rings is 1. The summed E-state index contributed by atoms with van der Waals surface area (Å²) in [7, 11) is 0. The highest BCUT2D eigenvalue weighted by atomic mass is 16.4. The molecule has 0 aromatic carbocycles. The Labute approximate surface area is 96.2 Å². The number of nitrogens with zero attached hydrogens (tertiary/aromatic N) is 2. The van der Waals surface area contributed by atoms with Crippen molar-refractivity contribution in [1.29, 1.82) is 0 Å². The van der Waals surface area contributed by atoms with Crippen LogP contribution in [0.1, 0.15) is 25.7 Å². The first kappa shape index (κ1) is 10.5. The van der Waals surface area contributed by atoms with Crippen molar-refractivity contribution < 1.29 is 9.90 Å². The van der Waals surface area contributed by atoms with Crippen molar-refractivity contribution in [2.75, 3.05) is 26.2 Å². The van der Waals surface area contributed by atoms with E-state index in [1.54, 1.807) is 0 Å². The molecule has 16 heavy (non-hydrogen) atoms. The second-order valence-corrected chi connectivity index (χ2v) is 5.52. The highest BCUT2D eigenvalue weighted by Crippen LogP contribution is 2.32. The molecule has 4 nitrogen and oxygen atoms in total. The van der Waals surface area contributed by atoms with Gasteiger partial charge in [-0.3, -0.25) is 14.6 Å². The van der Waals surface area contributed by atoms with Crippen LogP contribution in [0.5, 0.6) is 0 Å². The molecule has 3 fully saturated rings. The Bertz CT molecular complexity index is 275. The molecule has 0 aromatic heterocycles. The number of carboxylic acids is 1. The van der Waals surface area contributed by atoms with Crippen LogP contribution in [0.3, 0.4) is 0 Å². The van der Waals surface area contributed by atoms with Gasteiger partial charge in [0.15, 0.2) is 0 Å². The van der Waals surface area contributed by atoms with E-state index in [4.69, 9.17) is 5.11 Å². The number of likely N-dealkylation sites (tertiary alicyclic amines) is 1. The highest BCUT2D eigenvalue weighted by Gasteiger charge is 2.42. The summed E-state index contributed by atoms with van der Waals surface area (Å²) in [5, 5.41) is 8.86. The lowest BCUT2D eigenvalue weighted by Crippen LogP contribution is -2.55. The van der Waals surface area contributed by atoms with Crippen LogP contribution in [-0.4, -0.2) is 59.1 Å². The quantitative estimate of drug-likeness (QED) is 0.747. The van der Waals surface area contributed by atoms with Gasteiger partial charge in [0, 0.05) is 31.7 Å². The van der Waals surface area contributed by atoms with Crippen LogP contribution in [0.2, 0.25) is 0 Å². The molecule has 0 aliphatic carbocycles. The minimum Gasteiger partial charge on any atom is -0.481 e. The second kappa shape index (κ2) is 4.00. The lowest BCUT2D eigenvalue weighted by molar-refractivity contribution is -0.148. The van der Waals surface area contributed by atoms with E-state index < -0.39 is 5.97 Å².